The summed E-state index contributed by atoms with van der Waals surface area (Å²) in [6.07, 6.45) is 4.55. The van der Waals surface area contributed by atoms with E-state index >= 15 is 0 Å². The molecule has 0 aliphatic heterocycles. The van der Waals surface area contributed by atoms with Gasteiger partial charge in [0.2, 0.25) is 0 Å². The van der Waals surface area contributed by atoms with Crippen LogP contribution in [0.2, 0.25) is 0 Å². The second-order valence-corrected chi connectivity index (χ2v) is 8.07. The van der Waals surface area contributed by atoms with E-state index in [0.29, 0.717) is 0 Å². The summed E-state index contributed by atoms with van der Waals surface area (Å²) in [6, 6.07) is 11.3. The van der Waals surface area contributed by atoms with E-state index in [1.165, 1.54) is 44.0 Å². The summed E-state index contributed by atoms with van der Waals surface area (Å²) in [4.78, 5) is 3.76. The van der Waals surface area contributed by atoms with Crippen LogP contribution < -0.4 is 0 Å². The van der Waals surface area contributed by atoms with Crippen molar-refractivity contribution in [1.29, 1.82) is 5.26 Å². The highest BCUT2D eigenvalue weighted by Gasteiger charge is 2.26. The van der Waals surface area contributed by atoms with Crippen molar-refractivity contribution in [2.75, 3.05) is 0 Å². The molecule has 3 heteroatoms. The number of nitriles is 1. The minimum absolute atomic E-state index is 0.843. The van der Waals surface area contributed by atoms with Gasteiger partial charge in [0.15, 0.2) is 0 Å². The maximum absolute atomic E-state index is 9.17. The van der Waals surface area contributed by atoms with Crippen LogP contribution in [0, 0.1) is 11.3 Å². The number of hydrogen-bond donors (Lipinski definition) is 0. The maximum atomic E-state index is 9.17. The molecule has 0 unspecified atom stereocenters. The topological polar surface area (TPSA) is 23.8 Å². The Kier molecular flexibility index (Phi) is 2.61. The number of nitrogens with zero attached hydrogens (tertiary/aromatic N) is 1. The lowest BCUT2D eigenvalue weighted by molar-refractivity contribution is 0.892. The third-order valence-electron chi connectivity index (χ3n) is 4.88. The second kappa shape index (κ2) is 4.55. The molecular formula is C19H13NS2. The van der Waals surface area contributed by atoms with Crippen molar-refractivity contribution in [2.24, 2.45) is 0 Å². The van der Waals surface area contributed by atoms with E-state index in [1.54, 1.807) is 16.9 Å². The van der Waals surface area contributed by atoms with Gasteiger partial charge in [-0.3, -0.25) is 0 Å². The number of fused-ring (bicyclic) bond motifs is 7. The fourth-order valence-corrected chi connectivity index (χ4v) is 5.78. The van der Waals surface area contributed by atoms with Crippen LogP contribution in [0.5, 0.6) is 0 Å². The average molecular weight is 319 g/mol. The highest BCUT2D eigenvalue weighted by molar-refractivity contribution is 7.13. The second-order valence-electron chi connectivity index (χ2n) is 5.93. The summed E-state index contributed by atoms with van der Waals surface area (Å²) in [5, 5.41) is 11.4. The fraction of sp³-hybridized carbons (Fsp3) is 0.211. The molecule has 5 rings (SSSR count). The van der Waals surface area contributed by atoms with Crippen molar-refractivity contribution in [1.82, 2.24) is 0 Å². The molecule has 1 aromatic carbocycles. The summed E-state index contributed by atoms with van der Waals surface area (Å²) in [5.74, 6) is 0. The summed E-state index contributed by atoms with van der Waals surface area (Å²) >= 11 is 3.55. The van der Waals surface area contributed by atoms with E-state index in [2.05, 4.69) is 35.7 Å². The molecule has 22 heavy (non-hydrogen) atoms. The molecule has 0 radical (unpaired) electrons. The van der Waals surface area contributed by atoms with Gasteiger partial charge in [-0.1, -0.05) is 12.1 Å². The van der Waals surface area contributed by atoms with Gasteiger partial charge in [0.1, 0.15) is 10.9 Å². The molecule has 1 nitrogen and oxygen atoms in total. The zero-order chi connectivity index (χ0) is 14.7. The molecule has 106 valence electrons. The van der Waals surface area contributed by atoms with Crippen LogP contribution in [0.3, 0.4) is 0 Å². The zero-order valence-electron chi connectivity index (χ0n) is 12.0. The highest BCUT2D eigenvalue weighted by atomic mass is 32.1. The molecule has 0 fully saturated rings. The summed E-state index contributed by atoms with van der Waals surface area (Å²) in [7, 11) is 0. The molecule has 0 atom stereocenters. The Bertz CT molecular complexity index is 952. The minimum Gasteiger partial charge on any atom is -0.192 e. The van der Waals surface area contributed by atoms with E-state index in [4.69, 9.17) is 0 Å². The van der Waals surface area contributed by atoms with Crippen molar-refractivity contribution in [2.45, 2.75) is 25.7 Å². The lowest BCUT2D eigenvalue weighted by Gasteiger charge is -2.25. The van der Waals surface area contributed by atoms with Crippen molar-refractivity contribution in [3.8, 4) is 28.3 Å². The predicted octanol–water partition coefficient (Wildman–Crippen LogP) is 5.21. The Morgan fingerprint density at radius 2 is 1.55 bits per heavy atom. The van der Waals surface area contributed by atoms with E-state index in [9.17, 15) is 5.26 Å². The van der Waals surface area contributed by atoms with Gasteiger partial charge in [-0.2, -0.15) is 5.26 Å². The van der Waals surface area contributed by atoms with Gasteiger partial charge in [0.05, 0.1) is 0 Å². The standard InChI is InChI=1S/C19H13NS2/c20-10-11-9-17-15-2-1-14-12(13(15)4-6-19(17)22-11)3-5-18-16(14)7-8-21-18/h1-2,7-9H,3-6H2. The minimum atomic E-state index is 0.843. The van der Waals surface area contributed by atoms with Gasteiger partial charge < -0.3 is 0 Å². The van der Waals surface area contributed by atoms with Crippen molar-refractivity contribution < 1.29 is 0 Å². The molecule has 2 aliphatic rings. The molecule has 0 saturated heterocycles. The van der Waals surface area contributed by atoms with Crippen molar-refractivity contribution in [3.05, 3.63) is 55.4 Å². The van der Waals surface area contributed by atoms with Gasteiger partial charge in [0.25, 0.3) is 0 Å². The first kappa shape index (κ1) is 12.6. The quantitative estimate of drug-likeness (QED) is 0.558. The van der Waals surface area contributed by atoms with Crippen LogP contribution in [0.1, 0.15) is 25.8 Å². The number of aryl methyl sites for hydroxylation is 2. The SMILES string of the molecule is N#Cc1cc2c(s1)CCc1c-2ccc2c1CCc1sccc1-2. The maximum Gasteiger partial charge on any atom is 0.110 e. The van der Waals surface area contributed by atoms with Crippen LogP contribution in [0.4, 0.5) is 0 Å². The van der Waals surface area contributed by atoms with Crippen molar-refractivity contribution in [3.63, 3.8) is 0 Å². The highest BCUT2D eigenvalue weighted by Crippen LogP contribution is 2.45. The normalized spacial score (nSPS) is 14.5. The Balaban J connectivity index is 1.76. The predicted molar refractivity (Wildman–Crippen MR) is 92.6 cm³/mol. The lowest BCUT2D eigenvalue weighted by atomic mass is 9.80. The monoisotopic (exact) mass is 319 g/mol. The van der Waals surface area contributed by atoms with E-state index in [-0.39, 0.29) is 0 Å². The Morgan fingerprint density at radius 3 is 2.32 bits per heavy atom. The molecule has 2 heterocycles. The zero-order valence-corrected chi connectivity index (χ0v) is 13.6. The summed E-state index contributed by atoms with van der Waals surface area (Å²) < 4.78 is 0. The van der Waals surface area contributed by atoms with Crippen LogP contribution >= 0.6 is 22.7 Å². The first-order chi connectivity index (χ1) is 10.8. The number of thiophene rings is 2. The number of benzene rings is 1. The fourth-order valence-electron chi connectivity index (χ4n) is 3.92. The van der Waals surface area contributed by atoms with Crippen molar-refractivity contribution >= 4 is 22.7 Å². The molecule has 2 aromatic heterocycles. The van der Waals surface area contributed by atoms with Gasteiger partial charge in [-0.05, 0) is 76.6 Å². The van der Waals surface area contributed by atoms with Crippen LogP contribution in [-0.4, -0.2) is 0 Å². The smallest absolute Gasteiger partial charge is 0.110 e. The summed E-state index contributed by atoms with van der Waals surface area (Å²) in [6.45, 7) is 0. The number of rotatable bonds is 0. The third-order valence-corrected chi connectivity index (χ3v) is 6.96. The largest absolute Gasteiger partial charge is 0.192 e. The van der Waals surface area contributed by atoms with Crippen LogP contribution in [0.25, 0.3) is 22.3 Å². The first-order valence-corrected chi connectivity index (χ1v) is 9.29. The summed E-state index contributed by atoms with van der Waals surface area (Å²) in [5.41, 5.74) is 8.66. The van der Waals surface area contributed by atoms with Gasteiger partial charge in [-0.25, -0.2) is 0 Å². The van der Waals surface area contributed by atoms with E-state index < -0.39 is 0 Å². The Labute approximate surface area is 137 Å². The van der Waals surface area contributed by atoms with Gasteiger partial charge in [-0.15, -0.1) is 22.7 Å². The Morgan fingerprint density at radius 1 is 0.818 bits per heavy atom. The lowest BCUT2D eigenvalue weighted by Crippen LogP contribution is -2.10. The van der Waals surface area contributed by atoms with E-state index in [1.807, 2.05) is 11.3 Å². The number of hydrogen-bond acceptors (Lipinski definition) is 3. The molecule has 0 spiro atoms. The molecule has 0 N–H and O–H groups in total. The first-order valence-electron chi connectivity index (χ1n) is 7.60. The van der Waals surface area contributed by atoms with Gasteiger partial charge in [0, 0.05) is 9.75 Å². The van der Waals surface area contributed by atoms with E-state index in [0.717, 1.165) is 24.1 Å². The molecule has 0 amide bonds. The Hall–Kier alpha value is -1.89. The molecule has 2 aliphatic carbocycles. The molecule has 3 aromatic rings. The average Bonchev–Trinajstić information content (AvgIpc) is 3.20. The molecule has 0 bridgehead atoms. The molecule has 0 saturated carbocycles. The third kappa shape index (κ3) is 1.63. The van der Waals surface area contributed by atoms with Crippen LogP contribution in [0.15, 0.2) is 29.6 Å². The van der Waals surface area contributed by atoms with Crippen LogP contribution in [-0.2, 0) is 25.7 Å². The van der Waals surface area contributed by atoms with Gasteiger partial charge >= 0.3 is 0 Å². The molecular weight excluding hydrogens is 306 g/mol.